The van der Waals surface area contributed by atoms with Gasteiger partial charge in [0, 0.05) is 12.6 Å². The van der Waals surface area contributed by atoms with E-state index in [0.717, 1.165) is 24.4 Å². The van der Waals surface area contributed by atoms with E-state index in [1.165, 1.54) is 12.8 Å². The molecule has 0 amide bonds. The molecule has 1 aromatic heterocycles. The van der Waals surface area contributed by atoms with Gasteiger partial charge in [0.05, 0.1) is 12.2 Å². The van der Waals surface area contributed by atoms with Gasteiger partial charge < -0.3 is 10.4 Å². The summed E-state index contributed by atoms with van der Waals surface area (Å²) in [7, 11) is 0. The second-order valence-corrected chi connectivity index (χ2v) is 5.66. The first kappa shape index (κ1) is 14.2. The van der Waals surface area contributed by atoms with Crippen molar-refractivity contribution in [2.75, 3.05) is 6.61 Å². The van der Waals surface area contributed by atoms with E-state index in [9.17, 15) is 5.11 Å². The molecule has 5 heteroatoms. The van der Waals surface area contributed by atoms with E-state index in [2.05, 4.69) is 15.4 Å². The van der Waals surface area contributed by atoms with Gasteiger partial charge in [-0.1, -0.05) is 31.0 Å². The maximum Gasteiger partial charge on any atom is 0.164 e. The second-order valence-electron chi connectivity index (χ2n) is 5.66. The predicted molar refractivity (Wildman–Crippen MR) is 81.0 cm³/mol. The van der Waals surface area contributed by atoms with Gasteiger partial charge in [-0.15, -0.1) is 5.10 Å². The van der Waals surface area contributed by atoms with Crippen LogP contribution in [0.25, 0.3) is 5.69 Å². The molecule has 1 saturated carbocycles. The van der Waals surface area contributed by atoms with Crippen LogP contribution < -0.4 is 5.32 Å². The number of nitrogens with zero attached hydrogens (tertiary/aromatic N) is 3. The number of aliphatic hydroxyl groups excluding tert-OH is 1. The third-order valence-corrected chi connectivity index (χ3v) is 4.23. The molecule has 21 heavy (non-hydrogen) atoms. The Hall–Kier alpha value is -1.72. The summed E-state index contributed by atoms with van der Waals surface area (Å²) in [4.78, 5) is 4.35. The fraction of sp³-hybridized carbons (Fsp3) is 0.500. The van der Waals surface area contributed by atoms with Crippen LogP contribution in [0, 0.1) is 5.92 Å². The monoisotopic (exact) mass is 286 g/mol. The molecule has 1 fully saturated rings. The SMILES string of the molecule is OC[C@H]1CCCC[C@@H]1NCc1ncn(-c2ccccc2)n1. The average Bonchev–Trinajstić information content (AvgIpc) is 3.03. The molecule has 0 unspecified atom stereocenters. The zero-order chi connectivity index (χ0) is 14.5. The Balaban J connectivity index is 1.60. The normalized spacial score (nSPS) is 22.3. The summed E-state index contributed by atoms with van der Waals surface area (Å²) < 4.78 is 1.79. The summed E-state index contributed by atoms with van der Waals surface area (Å²) in [5.41, 5.74) is 1.02. The molecule has 112 valence electrons. The number of benzene rings is 1. The molecular weight excluding hydrogens is 264 g/mol. The smallest absolute Gasteiger partial charge is 0.164 e. The Labute approximate surface area is 125 Å². The van der Waals surface area contributed by atoms with E-state index >= 15 is 0 Å². The molecule has 0 spiro atoms. The number of hydrogen-bond donors (Lipinski definition) is 2. The zero-order valence-electron chi connectivity index (χ0n) is 12.2. The van der Waals surface area contributed by atoms with Crippen LogP contribution in [0.3, 0.4) is 0 Å². The van der Waals surface area contributed by atoms with Gasteiger partial charge in [-0.2, -0.15) is 0 Å². The van der Waals surface area contributed by atoms with Gasteiger partial charge in [-0.3, -0.25) is 0 Å². The average molecular weight is 286 g/mol. The van der Waals surface area contributed by atoms with Crippen LogP contribution in [0.2, 0.25) is 0 Å². The van der Waals surface area contributed by atoms with Crippen molar-refractivity contribution in [3.05, 3.63) is 42.5 Å². The van der Waals surface area contributed by atoms with Crippen molar-refractivity contribution in [2.24, 2.45) is 5.92 Å². The predicted octanol–water partition coefficient (Wildman–Crippen LogP) is 1.91. The maximum absolute atomic E-state index is 9.44. The van der Waals surface area contributed by atoms with Gasteiger partial charge >= 0.3 is 0 Å². The van der Waals surface area contributed by atoms with Crippen LogP contribution >= 0.6 is 0 Å². The fourth-order valence-corrected chi connectivity index (χ4v) is 3.00. The first-order valence-corrected chi connectivity index (χ1v) is 7.67. The molecule has 2 aromatic rings. The van der Waals surface area contributed by atoms with Crippen LogP contribution in [-0.2, 0) is 6.54 Å². The lowest BCUT2D eigenvalue weighted by molar-refractivity contribution is 0.152. The zero-order valence-corrected chi connectivity index (χ0v) is 12.2. The molecule has 0 radical (unpaired) electrons. The van der Waals surface area contributed by atoms with Crippen molar-refractivity contribution in [3.8, 4) is 5.69 Å². The maximum atomic E-state index is 9.44. The van der Waals surface area contributed by atoms with Crippen molar-refractivity contribution in [2.45, 2.75) is 38.3 Å². The van der Waals surface area contributed by atoms with Crippen LogP contribution in [-0.4, -0.2) is 32.5 Å². The van der Waals surface area contributed by atoms with Gasteiger partial charge in [-0.25, -0.2) is 9.67 Å². The summed E-state index contributed by atoms with van der Waals surface area (Å²) >= 11 is 0. The van der Waals surface area contributed by atoms with Gasteiger partial charge in [0.15, 0.2) is 5.82 Å². The summed E-state index contributed by atoms with van der Waals surface area (Å²) in [6.45, 7) is 0.921. The largest absolute Gasteiger partial charge is 0.396 e. The number of rotatable bonds is 5. The molecule has 1 aliphatic carbocycles. The van der Waals surface area contributed by atoms with E-state index in [0.29, 0.717) is 18.5 Å². The Morgan fingerprint density at radius 3 is 2.81 bits per heavy atom. The molecule has 5 nitrogen and oxygen atoms in total. The van der Waals surface area contributed by atoms with Crippen LogP contribution in [0.15, 0.2) is 36.7 Å². The molecule has 1 aliphatic rings. The van der Waals surface area contributed by atoms with Crippen molar-refractivity contribution in [1.29, 1.82) is 0 Å². The van der Waals surface area contributed by atoms with Crippen LogP contribution in [0.5, 0.6) is 0 Å². The Morgan fingerprint density at radius 2 is 2.00 bits per heavy atom. The lowest BCUT2D eigenvalue weighted by Gasteiger charge is -2.30. The third kappa shape index (κ3) is 3.49. The number of aliphatic hydroxyl groups is 1. The van der Waals surface area contributed by atoms with Gasteiger partial charge in [0.1, 0.15) is 6.33 Å². The van der Waals surface area contributed by atoms with Gasteiger partial charge in [0.25, 0.3) is 0 Å². The number of hydrogen-bond acceptors (Lipinski definition) is 4. The molecule has 2 N–H and O–H groups in total. The molecule has 0 aliphatic heterocycles. The molecule has 0 bridgehead atoms. The Bertz CT molecular complexity index is 554. The molecule has 1 aromatic carbocycles. The van der Waals surface area contributed by atoms with E-state index in [4.69, 9.17) is 0 Å². The summed E-state index contributed by atoms with van der Waals surface area (Å²) in [5, 5.41) is 17.4. The van der Waals surface area contributed by atoms with Crippen LogP contribution in [0.4, 0.5) is 0 Å². The standard InChI is InChI=1S/C16H22N4O/c21-11-13-6-4-5-9-15(13)17-10-16-18-12-20(19-16)14-7-2-1-3-8-14/h1-3,7-8,12-13,15,17,21H,4-6,9-11H2/t13-,15+/m1/s1. The number of aromatic nitrogens is 3. The minimum Gasteiger partial charge on any atom is -0.396 e. The molecule has 1 heterocycles. The van der Waals surface area contributed by atoms with Gasteiger partial charge in [-0.05, 0) is 30.9 Å². The lowest BCUT2D eigenvalue weighted by Crippen LogP contribution is -2.40. The number of para-hydroxylation sites is 1. The van der Waals surface area contributed by atoms with E-state index < -0.39 is 0 Å². The molecule has 3 rings (SSSR count). The Kier molecular flexibility index (Phi) is 4.62. The Morgan fingerprint density at radius 1 is 1.19 bits per heavy atom. The van der Waals surface area contributed by atoms with Crippen LogP contribution in [0.1, 0.15) is 31.5 Å². The minimum atomic E-state index is 0.267. The summed E-state index contributed by atoms with van der Waals surface area (Å²) in [6, 6.07) is 10.4. The van der Waals surface area contributed by atoms with Crippen molar-refractivity contribution in [3.63, 3.8) is 0 Å². The first-order valence-electron chi connectivity index (χ1n) is 7.67. The summed E-state index contributed by atoms with van der Waals surface area (Å²) in [6.07, 6.45) is 6.45. The third-order valence-electron chi connectivity index (χ3n) is 4.23. The van der Waals surface area contributed by atoms with Crippen molar-refractivity contribution < 1.29 is 5.11 Å². The lowest BCUT2D eigenvalue weighted by atomic mass is 9.85. The quantitative estimate of drug-likeness (QED) is 0.881. The minimum absolute atomic E-state index is 0.267. The topological polar surface area (TPSA) is 63.0 Å². The highest BCUT2D eigenvalue weighted by Gasteiger charge is 2.24. The van der Waals surface area contributed by atoms with E-state index in [-0.39, 0.29) is 6.61 Å². The second kappa shape index (κ2) is 6.83. The highest BCUT2D eigenvalue weighted by Crippen LogP contribution is 2.24. The summed E-state index contributed by atoms with van der Waals surface area (Å²) in [5.74, 6) is 1.16. The molecule has 2 atom stereocenters. The fourth-order valence-electron chi connectivity index (χ4n) is 3.00. The van der Waals surface area contributed by atoms with Gasteiger partial charge in [0.2, 0.25) is 0 Å². The van der Waals surface area contributed by atoms with E-state index in [1.807, 2.05) is 30.3 Å². The van der Waals surface area contributed by atoms with Crippen molar-refractivity contribution in [1.82, 2.24) is 20.1 Å². The molecule has 0 saturated heterocycles. The highest BCUT2D eigenvalue weighted by atomic mass is 16.3. The first-order chi connectivity index (χ1) is 10.4. The van der Waals surface area contributed by atoms with Crippen molar-refractivity contribution >= 4 is 0 Å². The van der Waals surface area contributed by atoms with E-state index in [1.54, 1.807) is 11.0 Å². The highest BCUT2D eigenvalue weighted by molar-refractivity contribution is 5.29. The molecular formula is C16H22N4O. The number of nitrogens with one attached hydrogen (secondary N) is 1.